The first kappa shape index (κ1) is 15.2. The van der Waals surface area contributed by atoms with Crippen molar-refractivity contribution >= 4 is 17.9 Å². The monoisotopic (exact) mass is 295 g/mol. The number of rotatable bonds is 6. The van der Waals surface area contributed by atoms with Gasteiger partial charge in [-0.1, -0.05) is 30.3 Å². The molecule has 1 unspecified atom stereocenters. The molecule has 0 saturated carbocycles. The Bertz CT molecular complexity index is 413. The fourth-order valence-electron chi connectivity index (χ4n) is 2.26. The summed E-state index contributed by atoms with van der Waals surface area (Å²) in [7, 11) is 0. The van der Waals surface area contributed by atoms with Gasteiger partial charge in [-0.05, 0) is 23.7 Å². The highest BCUT2D eigenvalue weighted by atomic mass is 32.2. The van der Waals surface area contributed by atoms with Gasteiger partial charge in [-0.2, -0.15) is 11.8 Å². The molecule has 1 heterocycles. The number of benzene rings is 1. The van der Waals surface area contributed by atoms with Crippen molar-refractivity contribution in [2.45, 2.75) is 13.0 Å². The number of hydrogen-bond donors (Lipinski definition) is 1. The van der Waals surface area contributed by atoms with Crippen molar-refractivity contribution in [3.8, 4) is 0 Å². The predicted octanol–water partition coefficient (Wildman–Crippen LogP) is 2.37. The van der Waals surface area contributed by atoms with Crippen molar-refractivity contribution in [1.82, 2.24) is 4.90 Å². The van der Waals surface area contributed by atoms with Crippen LogP contribution in [0.25, 0.3) is 0 Å². The average Bonchev–Trinajstić information content (AvgIpc) is 2.95. The third-order valence-corrected chi connectivity index (χ3v) is 4.52. The van der Waals surface area contributed by atoms with Crippen molar-refractivity contribution in [2.24, 2.45) is 5.92 Å². The zero-order chi connectivity index (χ0) is 14.2. The van der Waals surface area contributed by atoms with E-state index in [2.05, 4.69) is 0 Å². The molecule has 1 fully saturated rings. The van der Waals surface area contributed by atoms with Gasteiger partial charge in [0.2, 0.25) is 0 Å². The van der Waals surface area contributed by atoms with E-state index >= 15 is 0 Å². The fourth-order valence-corrected chi connectivity index (χ4v) is 3.16. The van der Waals surface area contributed by atoms with Crippen LogP contribution in [0.4, 0.5) is 4.79 Å². The normalized spacial score (nSPS) is 18.2. The molecule has 20 heavy (non-hydrogen) atoms. The van der Waals surface area contributed by atoms with Crippen molar-refractivity contribution in [1.29, 1.82) is 0 Å². The molecule has 1 amide bonds. The number of aliphatic hydroxyl groups is 1. The molecule has 1 aliphatic heterocycles. The van der Waals surface area contributed by atoms with Crippen LogP contribution in [-0.2, 0) is 11.3 Å². The molecule has 0 radical (unpaired) electrons. The van der Waals surface area contributed by atoms with Gasteiger partial charge in [0.1, 0.15) is 6.61 Å². The Labute approximate surface area is 124 Å². The first-order chi connectivity index (χ1) is 9.79. The number of nitrogens with zero attached hydrogens (tertiary/aromatic N) is 1. The molecule has 5 heteroatoms. The molecule has 0 aliphatic carbocycles. The van der Waals surface area contributed by atoms with Crippen molar-refractivity contribution in [3.63, 3.8) is 0 Å². The summed E-state index contributed by atoms with van der Waals surface area (Å²) < 4.78 is 5.33. The number of likely N-dealkylation sites (tertiary alicyclic amines) is 1. The minimum atomic E-state index is -0.219. The summed E-state index contributed by atoms with van der Waals surface area (Å²) in [6, 6.07) is 9.72. The smallest absolute Gasteiger partial charge is 0.410 e. The largest absolute Gasteiger partial charge is 0.445 e. The molecule has 0 aromatic heterocycles. The molecule has 110 valence electrons. The number of amides is 1. The van der Waals surface area contributed by atoms with Gasteiger partial charge in [0, 0.05) is 18.8 Å². The van der Waals surface area contributed by atoms with Gasteiger partial charge >= 0.3 is 6.09 Å². The molecule has 0 spiro atoms. The van der Waals surface area contributed by atoms with E-state index in [1.807, 2.05) is 30.3 Å². The first-order valence-corrected chi connectivity index (χ1v) is 8.09. The molecule has 1 atom stereocenters. The minimum absolute atomic E-state index is 0.219. The second-order valence-electron chi connectivity index (χ2n) is 4.94. The maximum atomic E-state index is 12.0. The quantitative estimate of drug-likeness (QED) is 0.819. The lowest BCUT2D eigenvalue weighted by atomic mass is 10.2. The van der Waals surface area contributed by atoms with Gasteiger partial charge in [-0.25, -0.2) is 4.79 Å². The van der Waals surface area contributed by atoms with Crippen LogP contribution in [0.2, 0.25) is 0 Å². The molecule has 2 rings (SSSR count). The molecular formula is C15H21NO3S. The summed E-state index contributed by atoms with van der Waals surface area (Å²) in [5.41, 5.74) is 1.01. The number of aliphatic hydroxyl groups excluding tert-OH is 1. The van der Waals surface area contributed by atoms with Crippen LogP contribution in [0.5, 0.6) is 0 Å². The predicted molar refractivity (Wildman–Crippen MR) is 80.7 cm³/mol. The zero-order valence-electron chi connectivity index (χ0n) is 11.5. The van der Waals surface area contributed by atoms with E-state index in [1.165, 1.54) is 0 Å². The molecule has 1 aromatic carbocycles. The minimum Gasteiger partial charge on any atom is -0.445 e. The molecule has 1 saturated heterocycles. The fraction of sp³-hybridized carbons (Fsp3) is 0.533. The highest BCUT2D eigenvalue weighted by molar-refractivity contribution is 7.99. The van der Waals surface area contributed by atoms with Crippen molar-refractivity contribution < 1.29 is 14.6 Å². The lowest BCUT2D eigenvalue weighted by Gasteiger charge is -2.16. The molecule has 1 N–H and O–H groups in total. The number of hydrogen-bond acceptors (Lipinski definition) is 4. The number of carbonyl (C=O) groups is 1. The van der Waals surface area contributed by atoms with Crippen molar-refractivity contribution in [3.05, 3.63) is 35.9 Å². The van der Waals surface area contributed by atoms with Gasteiger partial charge in [0.15, 0.2) is 0 Å². The van der Waals surface area contributed by atoms with Crippen LogP contribution in [-0.4, -0.2) is 47.3 Å². The standard InChI is InChI=1S/C15H21NO3S/c17-8-9-20-12-14-6-7-16(10-14)15(18)19-11-13-4-2-1-3-5-13/h1-5,14,17H,6-12H2. The van der Waals surface area contributed by atoms with Crippen LogP contribution >= 0.6 is 11.8 Å². The molecule has 4 nitrogen and oxygen atoms in total. The summed E-state index contributed by atoms with van der Waals surface area (Å²) in [6.07, 6.45) is 0.808. The van der Waals surface area contributed by atoms with E-state index in [0.29, 0.717) is 12.5 Å². The Kier molecular flexibility index (Phi) is 6.21. The lowest BCUT2D eigenvalue weighted by Crippen LogP contribution is -2.29. The third kappa shape index (κ3) is 4.72. The van der Waals surface area contributed by atoms with E-state index in [-0.39, 0.29) is 12.7 Å². The van der Waals surface area contributed by atoms with Crippen molar-refractivity contribution in [2.75, 3.05) is 31.2 Å². The summed E-state index contributed by atoms with van der Waals surface area (Å²) in [6.45, 7) is 2.10. The Balaban J connectivity index is 1.69. The average molecular weight is 295 g/mol. The summed E-state index contributed by atoms with van der Waals surface area (Å²) in [4.78, 5) is 13.7. The van der Waals surface area contributed by atoms with Gasteiger partial charge in [-0.3, -0.25) is 0 Å². The highest BCUT2D eigenvalue weighted by Crippen LogP contribution is 2.21. The van der Waals surface area contributed by atoms with Crippen LogP contribution in [0, 0.1) is 5.92 Å². The van der Waals surface area contributed by atoms with E-state index in [9.17, 15) is 4.79 Å². The highest BCUT2D eigenvalue weighted by Gasteiger charge is 2.26. The summed E-state index contributed by atoms with van der Waals surface area (Å²) in [5.74, 6) is 2.30. The van der Waals surface area contributed by atoms with Gasteiger partial charge in [-0.15, -0.1) is 0 Å². The van der Waals surface area contributed by atoms with E-state index < -0.39 is 0 Å². The molecular weight excluding hydrogens is 274 g/mol. The van der Waals surface area contributed by atoms with E-state index in [0.717, 1.165) is 36.6 Å². The Morgan fingerprint density at radius 2 is 2.20 bits per heavy atom. The van der Waals surface area contributed by atoms with Gasteiger partial charge in [0.25, 0.3) is 0 Å². The number of carbonyl (C=O) groups excluding carboxylic acids is 1. The van der Waals surface area contributed by atoms with Gasteiger partial charge in [0.05, 0.1) is 6.61 Å². The topological polar surface area (TPSA) is 49.8 Å². The maximum Gasteiger partial charge on any atom is 0.410 e. The number of ether oxygens (including phenoxy) is 1. The lowest BCUT2D eigenvalue weighted by molar-refractivity contribution is 0.103. The van der Waals surface area contributed by atoms with E-state index in [1.54, 1.807) is 16.7 Å². The molecule has 1 aliphatic rings. The second kappa shape index (κ2) is 8.17. The maximum absolute atomic E-state index is 12.0. The summed E-state index contributed by atoms with van der Waals surface area (Å²) in [5, 5.41) is 8.75. The Hall–Kier alpha value is -1.20. The first-order valence-electron chi connectivity index (χ1n) is 6.94. The van der Waals surface area contributed by atoms with Crippen LogP contribution in [0.1, 0.15) is 12.0 Å². The van der Waals surface area contributed by atoms with E-state index in [4.69, 9.17) is 9.84 Å². The SMILES string of the molecule is O=C(OCc1ccccc1)N1CCC(CSCCO)C1. The molecule has 0 bridgehead atoms. The molecule has 1 aromatic rings. The zero-order valence-corrected chi connectivity index (χ0v) is 12.3. The van der Waals surface area contributed by atoms with Crippen LogP contribution in [0.15, 0.2) is 30.3 Å². The Morgan fingerprint density at radius 1 is 1.40 bits per heavy atom. The third-order valence-electron chi connectivity index (χ3n) is 3.34. The van der Waals surface area contributed by atoms with Gasteiger partial charge < -0.3 is 14.7 Å². The summed E-state index contributed by atoms with van der Waals surface area (Å²) >= 11 is 1.75. The second-order valence-corrected chi connectivity index (χ2v) is 6.09. The van der Waals surface area contributed by atoms with Crippen LogP contribution in [0.3, 0.4) is 0 Å². The van der Waals surface area contributed by atoms with Crippen LogP contribution < -0.4 is 0 Å². The number of thioether (sulfide) groups is 1. The Morgan fingerprint density at radius 3 is 2.95 bits per heavy atom.